The lowest BCUT2D eigenvalue weighted by atomic mass is 9.98. The quantitative estimate of drug-likeness (QED) is 0.704. The van der Waals surface area contributed by atoms with E-state index in [2.05, 4.69) is 40.0 Å². The van der Waals surface area contributed by atoms with Crippen molar-refractivity contribution in [3.05, 3.63) is 27.7 Å². The molecule has 1 saturated heterocycles. The number of hydrogen-bond donors (Lipinski definition) is 1. The number of nitrogens with zero attached hydrogens (tertiary/aromatic N) is 1. The summed E-state index contributed by atoms with van der Waals surface area (Å²) in [6.45, 7) is 4.46. The van der Waals surface area contributed by atoms with Crippen LogP contribution in [0.25, 0.3) is 0 Å². The van der Waals surface area contributed by atoms with Crippen molar-refractivity contribution in [3.63, 3.8) is 0 Å². The first-order valence-electron chi connectivity index (χ1n) is 6.53. The lowest BCUT2D eigenvalue weighted by Gasteiger charge is -2.41. The van der Waals surface area contributed by atoms with Crippen LogP contribution in [-0.2, 0) is 0 Å². The Labute approximate surface area is 133 Å². The smallest absolute Gasteiger partial charge is 0.173 e. The molecule has 1 aliphatic heterocycles. The zero-order valence-electron chi connectivity index (χ0n) is 11.1. The third-order valence-corrected chi connectivity index (χ3v) is 4.72. The van der Waals surface area contributed by atoms with Crippen molar-refractivity contribution >= 4 is 50.5 Å². The number of thiocarbonyl (C=S) groups is 1. The molecule has 0 bridgehead atoms. The molecule has 0 aromatic heterocycles. The van der Waals surface area contributed by atoms with E-state index in [1.54, 1.807) is 0 Å². The van der Waals surface area contributed by atoms with Crippen molar-refractivity contribution in [2.45, 2.75) is 45.2 Å². The topological polar surface area (TPSA) is 15.3 Å². The first-order valence-corrected chi connectivity index (χ1v) is 8.11. The highest BCUT2D eigenvalue weighted by atomic mass is 79.9. The summed E-state index contributed by atoms with van der Waals surface area (Å²) in [6, 6.07) is 6.74. The maximum Gasteiger partial charge on any atom is 0.173 e. The van der Waals surface area contributed by atoms with E-state index in [1.807, 2.05) is 18.2 Å². The van der Waals surface area contributed by atoms with Gasteiger partial charge in [-0.05, 0) is 63.5 Å². The predicted octanol–water partition coefficient (Wildman–Crippen LogP) is 5.06. The molecule has 1 N–H and O–H groups in total. The zero-order chi connectivity index (χ0) is 14.0. The molecule has 1 aromatic rings. The SMILES string of the molecule is CC1CCCC(C)N1C(=S)Nc1ccc(Br)cc1Cl. The van der Waals surface area contributed by atoms with Crippen LogP contribution in [0.1, 0.15) is 33.1 Å². The van der Waals surface area contributed by atoms with Gasteiger partial charge in [-0.25, -0.2) is 0 Å². The largest absolute Gasteiger partial charge is 0.344 e. The Morgan fingerprint density at radius 1 is 1.37 bits per heavy atom. The Morgan fingerprint density at radius 3 is 2.58 bits per heavy atom. The molecule has 1 fully saturated rings. The molecule has 2 nitrogen and oxygen atoms in total. The number of benzene rings is 1. The maximum absolute atomic E-state index is 6.21. The number of rotatable bonds is 1. The van der Waals surface area contributed by atoms with Crippen molar-refractivity contribution in [2.75, 3.05) is 5.32 Å². The molecule has 1 aromatic carbocycles. The molecule has 0 radical (unpaired) electrons. The second-order valence-electron chi connectivity index (χ2n) is 5.09. The van der Waals surface area contributed by atoms with E-state index < -0.39 is 0 Å². The standard InChI is InChI=1S/C14H18BrClN2S/c1-9-4-3-5-10(2)18(9)14(19)17-13-7-6-11(15)8-12(13)16/h6-10H,3-5H2,1-2H3,(H,17,19). The molecule has 2 atom stereocenters. The van der Waals surface area contributed by atoms with Crippen LogP contribution in [0.3, 0.4) is 0 Å². The van der Waals surface area contributed by atoms with E-state index in [-0.39, 0.29) is 0 Å². The van der Waals surface area contributed by atoms with Crippen molar-refractivity contribution in [1.82, 2.24) is 4.90 Å². The monoisotopic (exact) mass is 360 g/mol. The molecule has 1 aliphatic rings. The van der Waals surface area contributed by atoms with Gasteiger partial charge in [0.05, 0.1) is 10.7 Å². The molecule has 0 saturated carbocycles. The van der Waals surface area contributed by atoms with Gasteiger partial charge in [0.1, 0.15) is 0 Å². The Kier molecular flexibility index (Phi) is 5.09. The summed E-state index contributed by atoms with van der Waals surface area (Å²) in [6.07, 6.45) is 3.67. The molecule has 0 amide bonds. The molecule has 2 rings (SSSR count). The lowest BCUT2D eigenvalue weighted by molar-refractivity contribution is 0.194. The van der Waals surface area contributed by atoms with Gasteiger partial charge in [-0.15, -0.1) is 0 Å². The van der Waals surface area contributed by atoms with E-state index >= 15 is 0 Å². The number of piperidine rings is 1. The maximum atomic E-state index is 6.21. The molecular weight excluding hydrogens is 344 g/mol. The van der Waals surface area contributed by atoms with Gasteiger partial charge in [-0.2, -0.15) is 0 Å². The van der Waals surface area contributed by atoms with Crippen LogP contribution in [0.4, 0.5) is 5.69 Å². The predicted molar refractivity (Wildman–Crippen MR) is 90.0 cm³/mol. The lowest BCUT2D eigenvalue weighted by Crippen LogP contribution is -2.49. The van der Waals surface area contributed by atoms with Crippen LogP contribution in [0.5, 0.6) is 0 Å². The van der Waals surface area contributed by atoms with Gasteiger partial charge in [0.15, 0.2) is 5.11 Å². The minimum atomic E-state index is 0.484. The number of anilines is 1. The Hall–Kier alpha value is -0.320. The average Bonchev–Trinajstić information content (AvgIpc) is 2.32. The Balaban J connectivity index is 2.11. The molecule has 0 aliphatic carbocycles. The van der Waals surface area contributed by atoms with Crippen LogP contribution in [0, 0.1) is 0 Å². The number of halogens is 2. The van der Waals surface area contributed by atoms with Gasteiger partial charge in [-0.1, -0.05) is 27.5 Å². The molecule has 19 heavy (non-hydrogen) atoms. The zero-order valence-corrected chi connectivity index (χ0v) is 14.3. The second-order valence-corrected chi connectivity index (χ2v) is 6.80. The molecule has 104 valence electrons. The second kappa shape index (κ2) is 6.42. The Morgan fingerprint density at radius 2 is 2.00 bits per heavy atom. The van der Waals surface area contributed by atoms with Crippen LogP contribution >= 0.6 is 39.7 Å². The molecule has 1 heterocycles. The molecular formula is C14H18BrClN2S. The van der Waals surface area contributed by atoms with Crippen LogP contribution in [0.2, 0.25) is 5.02 Å². The van der Waals surface area contributed by atoms with Crippen LogP contribution < -0.4 is 5.32 Å². The normalized spacial score (nSPS) is 23.3. The van der Waals surface area contributed by atoms with E-state index in [9.17, 15) is 0 Å². The minimum absolute atomic E-state index is 0.484. The van der Waals surface area contributed by atoms with Gasteiger partial charge in [0.2, 0.25) is 0 Å². The first-order chi connectivity index (χ1) is 8.99. The van der Waals surface area contributed by atoms with Gasteiger partial charge >= 0.3 is 0 Å². The fourth-order valence-corrected chi connectivity index (χ4v) is 3.78. The average molecular weight is 362 g/mol. The van der Waals surface area contributed by atoms with Gasteiger partial charge in [-0.3, -0.25) is 0 Å². The number of hydrogen-bond acceptors (Lipinski definition) is 1. The summed E-state index contributed by atoms with van der Waals surface area (Å²) >= 11 is 15.2. The molecule has 0 spiro atoms. The van der Waals surface area contributed by atoms with Crippen molar-refractivity contribution in [2.24, 2.45) is 0 Å². The van der Waals surface area contributed by atoms with E-state index in [1.165, 1.54) is 19.3 Å². The summed E-state index contributed by atoms with van der Waals surface area (Å²) in [5.74, 6) is 0. The fraction of sp³-hybridized carbons (Fsp3) is 0.500. The molecule has 5 heteroatoms. The van der Waals surface area contributed by atoms with E-state index in [0.717, 1.165) is 15.3 Å². The summed E-state index contributed by atoms with van der Waals surface area (Å²) in [5.41, 5.74) is 0.861. The number of likely N-dealkylation sites (tertiary alicyclic amines) is 1. The highest BCUT2D eigenvalue weighted by molar-refractivity contribution is 9.10. The third-order valence-electron chi connectivity index (χ3n) is 3.60. The third kappa shape index (κ3) is 3.61. The van der Waals surface area contributed by atoms with Gasteiger partial charge in [0, 0.05) is 16.6 Å². The summed E-state index contributed by atoms with van der Waals surface area (Å²) < 4.78 is 0.966. The van der Waals surface area contributed by atoms with E-state index in [0.29, 0.717) is 17.1 Å². The van der Waals surface area contributed by atoms with Crippen molar-refractivity contribution < 1.29 is 0 Å². The van der Waals surface area contributed by atoms with Crippen molar-refractivity contribution in [1.29, 1.82) is 0 Å². The van der Waals surface area contributed by atoms with Crippen LogP contribution in [-0.4, -0.2) is 22.1 Å². The summed E-state index contributed by atoms with van der Waals surface area (Å²) in [5, 5.41) is 4.72. The number of nitrogens with one attached hydrogen (secondary N) is 1. The first kappa shape index (κ1) is 15.1. The Bertz CT molecular complexity index is 471. The van der Waals surface area contributed by atoms with Gasteiger partial charge < -0.3 is 10.2 Å². The molecule has 2 unspecified atom stereocenters. The minimum Gasteiger partial charge on any atom is -0.344 e. The van der Waals surface area contributed by atoms with Crippen LogP contribution in [0.15, 0.2) is 22.7 Å². The highest BCUT2D eigenvalue weighted by Gasteiger charge is 2.26. The van der Waals surface area contributed by atoms with E-state index in [4.69, 9.17) is 23.8 Å². The fourth-order valence-electron chi connectivity index (χ4n) is 2.59. The van der Waals surface area contributed by atoms with Gasteiger partial charge in [0.25, 0.3) is 0 Å². The van der Waals surface area contributed by atoms with Crippen molar-refractivity contribution in [3.8, 4) is 0 Å². The summed E-state index contributed by atoms with van der Waals surface area (Å²) in [4.78, 5) is 2.29. The summed E-state index contributed by atoms with van der Waals surface area (Å²) in [7, 11) is 0. The highest BCUT2D eigenvalue weighted by Crippen LogP contribution is 2.28.